The summed E-state index contributed by atoms with van der Waals surface area (Å²) in [5.41, 5.74) is 0.958. The normalized spacial score (nSPS) is 10.1. The molecule has 0 saturated heterocycles. The van der Waals surface area contributed by atoms with Crippen LogP contribution < -0.4 is 5.32 Å². The summed E-state index contributed by atoms with van der Waals surface area (Å²) < 4.78 is 5.19. The number of nitrogens with zero attached hydrogens (tertiary/aromatic N) is 1. The first-order chi connectivity index (χ1) is 6.84. The van der Waals surface area contributed by atoms with Gasteiger partial charge in [0.2, 0.25) is 0 Å². The lowest BCUT2D eigenvalue weighted by molar-refractivity contribution is 0.520. The molecule has 4 heteroatoms. The molecule has 0 atom stereocenters. The lowest BCUT2D eigenvalue weighted by atomic mass is 10.4. The first-order valence-corrected chi connectivity index (χ1v) is 4.60. The molecule has 0 spiro atoms. The first kappa shape index (κ1) is 9.09. The Labute approximate surface area is 86.7 Å². The molecule has 2 aromatic heterocycles. The molecule has 2 rings (SSSR count). The van der Waals surface area contributed by atoms with Crippen LogP contribution in [-0.4, -0.2) is 4.98 Å². The molecule has 3 nitrogen and oxygen atoms in total. The molecule has 0 radical (unpaired) electrons. The third-order valence-electron chi connectivity index (χ3n) is 1.76. The van der Waals surface area contributed by atoms with Crippen LogP contribution in [0.3, 0.4) is 0 Å². The Morgan fingerprint density at radius 3 is 2.93 bits per heavy atom. The molecule has 2 heterocycles. The van der Waals surface area contributed by atoms with Crippen molar-refractivity contribution >= 4 is 17.3 Å². The van der Waals surface area contributed by atoms with E-state index in [2.05, 4.69) is 10.3 Å². The number of rotatable bonds is 3. The van der Waals surface area contributed by atoms with E-state index in [1.807, 2.05) is 18.2 Å². The first-order valence-electron chi connectivity index (χ1n) is 4.23. The lowest BCUT2D eigenvalue weighted by Crippen LogP contribution is -1.97. The Morgan fingerprint density at radius 2 is 2.29 bits per heavy atom. The summed E-state index contributed by atoms with van der Waals surface area (Å²) >= 11 is 5.64. The van der Waals surface area contributed by atoms with Gasteiger partial charge in [-0.3, -0.25) is 4.98 Å². The molecule has 0 bridgehead atoms. The summed E-state index contributed by atoms with van der Waals surface area (Å²) in [7, 11) is 0. The zero-order valence-corrected chi connectivity index (χ0v) is 8.16. The summed E-state index contributed by atoms with van der Waals surface area (Å²) in [6.45, 7) is 0.610. The zero-order valence-electron chi connectivity index (χ0n) is 7.40. The average molecular weight is 209 g/mol. The Kier molecular flexibility index (Phi) is 2.70. The van der Waals surface area contributed by atoms with Crippen LogP contribution in [-0.2, 0) is 6.54 Å². The van der Waals surface area contributed by atoms with Gasteiger partial charge in [-0.15, -0.1) is 0 Å². The van der Waals surface area contributed by atoms with E-state index in [0.717, 1.165) is 11.4 Å². The van der Waals surface area contributed by atoms with Crippen molar-refractivity contribution in [3.63, 3.8) is 0 Å². The fourth-order valence-corrected chi connectivity index (χ4v) is 1.27. The van der Waals surface area contributed by atoms with Crippen molar-refractivity contribution in [2.45, 2.75) is 6.54 Å². The molecule has 2 aromatic rings. The smallest absolute Gasteiger partial charge is 0.193 e. The number of furan rings is 1. The fraction of sp³-hybridized carbons (Fsp3) is 0.100. The van der Waals surface area contributed by atoms with E-state index in [0.29, 0.717) is 11.8 Å². The van der Waals surface area contributed by atoms with E-state index >= 15 is 0 Å². The highest BCUT2D eigenvalue weighted by molar-refractivity contribution is 6.28. The molecule has 0 unspecified atom stereocenters. The molecule has 0 amide bonds. The molecular formula is C10H9ClN2O. The van der Waals surface area contributed by atoms with Gasteiger partial charge in [-0.1, -0.05) is 0 Å². The van der Waals surface area contributed by atoms with Crippen molar-refractivity contribution in [1.29, 1.82) is 0 Å². The molecular weight excluding hydrogens is 200 g/mol. The van der Waals surface area contributed by atoms with E-state index in [9.17, 15) is 0 Å². The van der Waals surface area contributed by atoms with Crippen LogP contribution in [0, 0.1) is 0 Å². The highest BCUT2D eigenvalue weighted by Gasteiger charge is 1.98. The zero-order chi connectivity index (χ0) is 9.80. The second-order valence-electron chi connectivity index (χ2n) is 2.80. The van der Waals surface area contributed by atoms with E-state index in [1.165, 1.54) is 0 Å². The van der Waals surface area contributed by atoms with Crippen LogP contribution in [0.2, 0.25) is 5.22 Å². The van der Waals surface area contributed by atoms with Crippen LogP contribution in [0.25, 0.3) is 0 Å². The predicted octanol–water partition coefficient (Wildman–Crippen LogP) is 2.94. The number of hydrogen-bond acceptors (Lipinski definition) is 3. The highest BCUT2D eigenvalue weighted by atomic mass is 35.5. The second kappa shape index (κ2) is 4.15. The molecule has 0 saturated carbocycles. The lowest BCUT2D eigenvalue weighted by Gasteiger charge is -2.02. The van der Waals surface area contributed by atoms with Crippen molar-refractivity contribution in [1.82, 2.24) is 4.98 Å². The molecule has 72 valence electrons. The van der Waals surface area contributed by atoms with Crippen molar-refractivity contribution in [3.8, 4) is 0 Å². The average Bonchev–Trinajstić information content (AvgIpc) is 2.63. The van der Waals surface area contributed by atoms with Crippen molar-refractivity contribution in [2.24, 2.45) is 0 Å². The minimum atomic E-state index is 0.410. The van der Waals surface area contributed by atoms with Crippen molar-refractivity contribution in [2.75, 3.05) is 5.32 Å². The third kappa shape index (κ3) is 2.26. The summed E-state index contributed by atoms with van der Waals surface area (Å²) in [6, 6.07) is 7.38. The van der Waals surface area contributed by atoms with Crippen LogP contribution in [0.5, 0.6) is 0 Å². The van der Waals surface area contributed by atoms with E-state index < -0.39 is 0 Å². The van der Waals surface area contributed by atoms with Crippen molar-refractivity contribution < 1.29 is 4.42 Å². The van der Waals surface area contributed by atoms with Crippen LogP contribution >= 0.6 is 11.6 Å². The Balaban J connectivity index is 1.95. The largest absolute Gasteiger partial charge is 0.448 e. The molecule has 0 aliphatic heterocycles. The number of nitrogens with one attached hydrogen (secondary N) is 1. The van der Waals surface area contributed by atoms with Gasteiger partial charge in [0.25, 0.3) is 0 Å². The fourth-order valence-electron chi connectivity index (χ4n) is 1.10. The molecule has 0 fully saturated rings. The SMILES string of the molecule is Clc1ccc(CNc2cccnc2)o1. The van der Waals surface area contributed by atoms with Gasteiger partial charge in [0.15, 0.2) is 5.22 Å². The van der Waals surface area contributed by atoms with E-state index in [-0.39, 0.29) is 0 Å². The topological polar surface area (TPSA) is 38.1 Å². The Hall–Kier alpha value is -1.48. The summed E-state index contributed by atoms with van der Waals surface area (Å²) in [6.07, 6.45) is 3.49. The number of halogens is 1. The number of aromatic nitrogens is 1. The molecule has 0 aliphatic carbocycles. The minimum Gasteiger partial charge on any atom is -0.448 e. The summed E-state index contributed by atoms with van der Waals surface area (Å²) in [5.74, 6) is 0.804. The van der Waals surface area contributed by atoms with Gasteiger partial charge in [-0.25, -0.2) is 0 Å². The van der Waals surface area contributed by atoms with Gasteiger partial charge in [0.1, 0.15) is 5.76 Å². The third-order valence-corrected chi connectivity index (χ3v) is 1.96. The quantitative estimate of drug-likeness (QED) is 0.843. The van der Waals surface area contributed by atoms with Crippen LogP contribution in [0.15, 0.2) is 41.1 Å². The van der Waals surface area contributed by atoms with Crippen LogP contribution in [0.1, 0.15) is 5.76 Å². The van der Waals surface area contributed by atoms with E-state index in [4.69, 9.17) is 16.0 Å². The summed E-state index contributed by atoms with van der Waals surface area (Å²) in [4.78, 5) is 3.98. The van der Waals surface area contributed by atoms with Gasteiger partial charge in [-0.05, 0) is 35.9 Å². The van der Waals surface area contributed by atoms with Crippen LogP contribution in [0.4, 0.5) is 5.69 Å². The molecule has 14 heavy (non-hydrogen) atoms. The Bertz CT molecular complexity index is 400. The number of hydrogen-bond donors (Lipinski definition) is 1. The maximum absolute atomic E-state index is 5.64. The number of pyridine rings is 1. The predicted molar refractivity (Wildman–Crippen MR) is 55.3 cm³/mol. The molecule has 0 aromatic carbocycles. The van der Waals surface area contributed by atoms with Gasteiger partial charge >= 0.3 is 0 Å². The second-order valence-corrected chi connectivity index (χ2v) is 3.17. The van der Waals surface area contributed by atoms with Gasteiger partial charge < -0.3 is 9.73 Å². The van der Waals surface area contributed by atoms with Crippen molar-refractivity contribution in [3.05, 3.63) is 47.6 Å². The standard InChI is InChI=1S/C10H9ClN2O/c11-10-4-3-9(14-10)7-13-8-2-1-5-12-6-8/h1-6,13H,7H2. The highest BCUT2D eigenvalue weighted by Crippen LogP contribution is 2.14. The molecule has 1 N–H and O–H groups in total. The number of anilines is 1. The summed E-state index contributed by atoms with van der Waals surface area (Å²) in [5, 5.41) is 3.57. The van der Waals surface area contributed by atoms with E-state index in [1.54, 1.807) is 18.5 Å². The minimum absolute atomic E-state index is 0.410. The van der Waals surface area contributed by atoms with Gasteiger partial charge in [0.05, 0.1) is 12.2 Å². The Morgan fingerprint density at radius 1 is 1.36 bits per heavy atom. The van der Waals surface area contributed by atoms with Gasteiger partial charge in [0, 0.05) is 12.4 Å². The van der Waals surface area contributed by atoms with Gasteiger partial charge in [-0.2, -0.15) is 0 Å². The maximum Gasteiger partial charge on any atom is 0.193 e. The molecule has 0 aliphatic rings. The monoisotopic (exact) mass is 208 g/mol. The maximum atomic E-state index is 5.64.